The van der Waals surface area contributed by atoms with E-state index in [1.807, 2.05) is 6.92 Å². The molecule has 0 atom stereocenters. The summed E-state index contributed by atoms with van der Waals surface area (Å²) in [5, 5.41) is 8.31. The third-order valence-electron chi connectivity index (χ3n) is 1.95. The molecule has 87 valence electrons. The lowest BCUT2D eigenvalue weighted by Gasteiger charge is -2.09. The number of benzene rings is 1. The second kappa shape index (κ2) is 6.32. The summed E-state index contributed by atoms with van der Waals surface area (Å²) in [4.78, 5) is 0. The lowest BCUT2D eigenvalue weighted by Crippen LogP contribution is -2.05. The van der Waals surface area contributed by atoms with Crippen molar-refractivity contribution in [2.75, 3.05) is 6.61 Å². The van der Waals surface area contributed by atoms with Crippen LogP contribution in [0.2, 0.25) is 0 Å². The van der Waals surface area contributed by atoms with Crippen molar-refractivity contribution in [2.24, 2.45) is 0 Å². The van der Waals surface area contributed by atoms with E-state index in [0.717, 1.165) is 12.8 Å². The Bertz CT molecular complexity index is 347. The van der Waals surface area contributed by atoms with E-state index in [-0.39, 0.29) is 19.2 Å². The minimum absolute atomic E-state index is 0.156. The Morgan fingerprint density at radius 2 is 1.88 bits per heavy atom. The van der Waals surface area contributed by atoms with E-state index in [4.69, 9.17) is 9.76 Å². The summed E-state index contributed by atoms with van der Waals surface area (Å²) in [7, 11) is 0.287. The fourth-order valence-electron chi connectivity index (χ4n) is 1.10. The minimum atomic E-state index is -1.18. The van der Waals surface area contributed by atoms with Gasteiger partial charge in [0, 0.05) is 0 Å². The molecule has 1 N–H and O–H groups in total. The van der Waals surface area contributed by atoms with E-state index < -0.39 is 11.6 Å². The van der Waals surface area contributed by atoms with Crippen molar-refractivity contribution in [1.29, 1.82) is 0 Å². The second-order valence-electron chi connectivity index (χ2n) is 3.12. The van der Waals surface area contributed by atoms with Crippen LogP contribution in [0.25, 0.3) is 0 Å². The topological polar surface area (TPSA) is 38.7 Å². The largest absolute Gasteiger partial charge is 0.569 e. The third kappa shape index (κ3) is 3.10. The molecule has 0 fully saturated rings. The van der Waals surface area contributed by atoms with Crippen LogP contribution in [0.3, 0.4) is 0 Å². The molecule has 0 aliphatic carbocycles. The molecule has 0 bridgehead atoms. The van der Waals surface area contributed by atoms with Gasteiger partial charge in [-0.15, -0.1) is 0 Å². The molecule has 0 aliphatic rings. The van der Waals surface area contributed by atoms with Gasteiger partial charge in [0.1, 0.15) is 5.75 Å². The standard InChI is InChI=1S/C10H12BF2O3/c1-2-3-6-15-7-4-5-8(16-11-14)10(13)9(7)12/h4-5,14H,2-3,6H2,1H3. The van der Waals surface area contributed by atoms with Crippen LogP contribution in [-0.2, 0) is 0 Å². The summed E-state index contributed by atoms with van der Waals surface area (Å²) in [6, 6.07) is 2.44. The average molecular weight is 229 g/mol. The summed E-state index contributed by atoms with van der Waals surface area (Å²) in [6.07, 6.45) is 1.68. The molecule has 0 unspecified atom stereocenters. The Kier molecular flexibility index (Phi) is 5.05. The van der Waals surface area contributed by atoms with Crippen molar-refractivity contribution in [1.82, 2.24) is 0 Å². The van der Waals surface area contributed by atoms with Gasteiger partial charge in [0.25, 0.3) is 0 Å². The van der Waals surface area contributed by atoms with Crippen molar-refractivity contribution in [3.8, 4) is 11.5 Å². The van der Waals surface area contributed by atoms with Crippen molar-refractivity contribution in [3.63, 3.8) is 0 Å². The lowest BCUT2D eigenvalue weighted by molar-refractivity contribution is 0.286. The number of ether oxygens (including phenoxy) is 1. The Hall–Kier alpha value is -1.30. The van der Waals surface area contributed by atoms with Crippen molar-refractivity contribution in [3.05, 3.63) is 23.8 Å². The Morgan fingerprint density at radius 1 is 1.25 bits per heavy atom. The van der Waals surface area contributed by atoms with Crippen LogP contribution >= 0.6 is 0 Å². The first-order chi connectivity index (χ1) is 7.70. The lowest BCUT2D eigenvalue weighted by atomic mass is 10.2. The van der Waals surface area contributed by atoms with Gasteiger partial charge in [-0.05, 0) is 18.6 Å². The number of hydrogen-bond acceptors (Lipinski definition) is 3. The highest BCUT2D eigenvalue weighted by atomic mass is 19.2. The molecule has 0 heterocycles. The van der Waals surface area contributed by atoms with Crippen molar-refractivity contribution in [2.45, 2.75) is 19.8 Å². The maximum atomic E-state index is 13.3. The van der Waals surface area contributed by atoms with Crippen molar-refractivity contribution >= 4 is 7.69 Å². The first kappa shape index (κ1) is 12.8. The van der Waals surface area contributed by atoms with E-state index in [1.165, 1.54) is 12.1 Å². The van der Waals surface area contributed by atoms with E-state index >= 15 is 0 Å². The average Bonchev–Trinajstić information content (AvgIpc) is 2.28. The fraction of sp³-hybridized carbons (Fsp3) is 0.400. The van der Waals surface area contributed by atoms with Crippen LogP contribution in [0.15, 0.2) is 12.1 Å². The third-order valence-corrected chi connectivity index (χ3v) is 1.95. The Labute approximate surface area is 93.3 Å². The second-order valence-corrected chi connectivity index (χ2v) is 3.12. The minimum Gasteiger partial charge on any atom is -0.535 e. The van der Waals surface area contributed by atoms with Crippen LogP contribution in [-0.4, -0.2) is 19.3 Å². The highest BCUT2D eigenvalue weighted by Crippen LogP contribution is 2.27. The molecule has 1 aromatic rings. The number of halogens is 2. The van der Waals surface area contributed by atoms with Crippen molar-refractivity contribution < 1.29 is 23.2 Å². The smallest absolute Gasteiger partial charge is 0.535 e. The van der Waals surface area contributed by atoms with Gasteiger partial charge in [-0.1, -0.05) is 13.3 Å². The van der Waals surface area contributed by atoms with Gasteiger partial charge in [-0.25, -0.2) is 0 Å². The van der Waals surface area contributed by atoms with Crippen LogP contribution in [0, 0.1) is 11.6 Å². The number of hydrogen-bond donors (Lipinski definition) is 1. The zero-order valence-electron chi connectivity index (χ0n) is 8.87. The molecule has 6 heteroatoms. The quantitative estimate of drug-likeness (QED) is 0.599. The summed E-state index contributed by atoms with van der Waals surface area (Å²) in [5.41, 5.74) is 0. The zero-order valence-corrected chi connectivity index (χ0v) is 8.87. The van der Waals surface area contributed by atoms with Gasteiger partial charge in [0.2, 0.25) is 11.6 Å². The van der Waals surface area contributed by atoms with Crippen LogP contribution in [0.1, 0.15) is 19.8 Å². The van der Waals surface area contributed by atoms with Gasteiger partial charge >= 0.3 is 7.69 Å². The predicted octanol–water partition coefficient (Wildman–Crippen LogP) is 2.05. The molecule has 1 radical (unpaired) electrons. The van der Waals surface area contributed by atoms with Gasteiger partial charge in [-0.3, -0.25) is 0 Å². The summed E-state index contributed by atoms with van der Waals surface area (Å²) in [5.74, 6) is -2.84. The van der Waals surface area contributed by atoms with E-state index in [0.29, 0.717) is 6.61 Å². The predicted molar refractivity (Wildman–Crippen MR) is 55.4 cm³/mol. The summed E-state index contributed by atoms with van der Waals surface area (Å²) in [6.45, 7) is 2.30. The van der Waals surface area contributed by atoms with Crippen LogP contribution in [0.4, 0.5) is 8.78 Å². The first-order valence-corrected chi connectivity index (χ1v) is 4.94. The molecule has 1 rings (SSSR count). The Balaban J connectivity index is 2.76. The molecule has 1 aromatic carbocycles. The monoisotopic (exact) mass is 229 g/mol. The molecule has 16 heavy (non-hydrogen) atoms. The highest BCUT2D eigenvalue weighted by Gasteiger charge is 2.15. The van der Waals surface area contributed by atoms with E-state index in [2.05, 4.69) is 4.65 Å². The fourth-order valence-corrected chi connectivity index (χ4v) is 1.10. The number of unbranched alkanes of at least 4 members (excludes halogenated alkanes) is 1. The SMILES string of the molecule is CCCCOc1ccc(O[B]O)c(F)c1F. The van der Waals surface area contributed by atoms with E-state index in [1.54, 1.807) is 0 Å². The molecule has 0 saturated carbocycles. The van der Waals surface area contributed by atoms with Gasteiger partial charge < -0.3 is 14.4 Å². The molecule has 3 nitrogen and oxygen atoms in total. The number of rotatable bonds is 6. The molecule has 0 spiro atoms. The normalized spacial score (nSPS) is 10.0. The summed E-state index contributed by atoms with van der Waals surface area (Å²) < 4.78 is 36.0. The Morgan fingerprint density at radius 3 is 2.50 bits per heavy atom. The molecule has 0 aromatic heterocycles. The van der Waals surface area contributed by atoms with Gasteiger partial charge in [-0.2, -0.15) is 8.78 Å². The van der Waals surface area contributed by atoms with Crippen LogP contribution in [0.5, 0.6) is 11.5 Å². The van der Waals surface area contributed by atoms with E-state index in [9.17, 15) is 8.78 Å². The van der Waals surface area contributed by atoms with Crippen LogP contribution < -0.4 is 9.39 Å². The van der Waals surface area contributed by atoms with Gasteiger partial charge in [0.05, 0.1) is 6.61 Å². The molecule has 0 amide bonds. The highest BCUT2D eigenvalue weighted by molar-refractivity contribution is 6.17. The molecular formula is C10H12BF2O3. The molecule has 0 saturated heterocycles. The summed E-state index contributed by atoms with van der Waals surface area (Å²) >= 11 is 0. The molecule has 0 aliphatic heterocycles. The maximum Gasteiger partial charge on any atom is 0.569 e. The molecular weight excluding hydrogens is 217 g/mol. The van der Waals surface area contributed by atoms with Gasteiger partial charge in [0.15, 0.2) is 5.75 Å². The first-order valence-electron chi connectivity index (χ1n) is 4.94. The zero-order chi connectivity index (χ0) is 12.0. The maximum absolute atomic E-state index is 13.3.